The molecule has 0 aliphatic heterocycles. The van der Waals surface area contributed by atoms with Crippen LogP contribution < -0.4 is 0 Å². The molecule has 0 unspecified atom stereocenters. The number of halogens is 3. The number of hydrogen-bond acceptors (Lipinski definition) is 3. The zero-order chi connectivity index (χ0) is 25.6. The van der Waals surface area contributed by atoms with Crippen LogP contribution in [0.25, 0.3) is 11.4 Å². The lowest BCUT2D eigenvalue weighted by Gasteiger charge is -2.08. The van der Waals surface area contributed by atoms with Crippen molar-refractivity contribution in [3.8, 4) is 11.4 Å². The summed E-state index contributed by atoms with van der Waals surface area (Å²) in [5.41, 5.74) is 5.05. The summed E-state index contributed by atoms with van der Waals surface area (Å²) in [6, 6.07) is 5.93. The van der Waals surface area contributed by atoms with Crippen molar-refractivity contribution in [3.05, 3.63) is 93.5 Å². The molecule has 4 aromatic rings. The van der Waals surface area contributed by atoms with Gasteiger partial charge in [0.25, 0.3) is 0 Å². The van der Waals surface area contributed by atoms with E-state index in [0.29, 0.717) is 27.6 Å². The Labute approximate surface area is 215 Å². The summed E-state index contributed by atoms with van der Waals surface area (Å²) in [5.74, 6) is -1.03. The quantitative estimate of drug-likeness (QED) is 0.292. The van der Waals surface area contributed by atoms with E-state index in [4.69, 9.17) is 5.11 Å². The van der Waals surface area contributed by atoms with Crippen LogP contribution in [0.5, 0.6) is 0 Å². The molecule has 2 heterocycles. The number of aromatic nitrogens is 4. The molecule has 2 aromatic heterocycles. The number of aryl methyl sites for hydroxylation is 2. The molecule has 36 heavy (non-hydrogen) atoms. The third-order valence-corrected chi connectivity index (χ3v) is 7.12. The van der Waals surface area contributed by atoms with E-state index in [1.807, 2.05) is 23.9 Å². The maximum Gasteiger partial charge on any atom is 0.338 e. The average molecular weight is 555 g/mol. The minimum atomic E-state index is -1.26. The van der Waals surface area contributed by atoms with Crippen molar-refractivity contribution in [1.82, 2.24) is 19.1 Å². The van der Waals surface area contributed by atoms with Crippen molar-refractivity contribution in [2.75, 3.05) is 0 Å². The molecule has 2 aliphatic carbocycles. The fraction of sp³-hybridized carbons (Fsp3) is 0.296. The number of rotatable bonds is 5. The van der Waals surface area contributed by atoms with Gasteiger partial charge in [-0.2, -0.15) is 0 Å². The highest BCUT2D eigenvalue weighted by molar-refractivity contribution is 9.10. The van der Waals surface area contributed by atoms with Gasteiger partial charge in [-0.15, -0.1) is 0 Å². The Morgan fingerprint density at radius 3 is 1.81 bits per heavy atom. The molecule has 0 spiro atoms. The summed E-state index contributed by atoms with van der Waals surface area (Å²) in [5, 5.41) is 8.97. The van der Waals surface area contributed by atoms with Crippen LogP contribution in [-0.2, 0) is 0 Å². The molecule has 6 nitrogen and oxygen atoms in total. The average Bonchev–Trinajstić information content (AvgIpc) is 3.76. The van der Waals surface area contributed by atoms with Gasteiger partial charge in [-0.05, 0) is 90.9 Å². The van der Waals surface area contributed by atoms with Crippen molar-refractivity contribution in [3.63, 3.8) is 0 Å². The van der Waals surface area contributed by atoms with Crippen LogP contribution in [0.1, 0.15) is 70.4 Å². The van der Waals surface area contributed by atoms with Gasteiger partial charge in [0, 0.05) is 24.2 Å². The highest BCUT2D eigenvalue weighted by Crippen LogP contribution is 2.40. The molecule has 186 valence electrons. The Balaban J connectivity index is 0.000000149. The zero-order valence-corrected chi connectivity index (χ0v) is 21.5. The van der Waals surface area contributed by atoms with Crippen LogP contribution in [0.4, 0.5) is 8.78 Å². The van der Waals surface area contributed by atoms with Gasteiger partial charge >= 0.3 is 5.97 Å². The number of aromatic carboxylic acids is 1. The number of nitrogens with zero attached hydrogens (tertiary/aromatic N) is 4. The normalized spacial score (nSPS) is 14.9. The number of imidazole rings is 2. The molecule has 2 fully saturated rings. The fourth-order valence-electron chi connectivity index (χ4n) is 4.14. The molecule has 2 aromatic carbocycles. The predicted octanol–water partition coefficient (Wildman–Crippen LogP) is 6.86. The Hall–Kier alpha value is -3.33. The molecule has 9 heteroatoms. The standard InChI is InChI=1S/C14H13FN2O2.C13H12BrFN2/c1-8-4-11(15)10(14(18)19)5-13(8)17-6-12(16-7-17)9-2-3-9;1-8-4-11(15)10(14)5-13(8)17-6-12(16-7-17)9-2-3-9/h4-7,9H,2-3H2,1H3,(H,18,19);4-7,9H,2-3H2,1H3. The molecule has 0 amide bonds. The van der Waals surface area contributed by atoms with E-state index in [1.165, 1.54) is 31.0 Å². The molecule has 0 atom stereocenters. The number of carboxylic acid groups (broad SMARTS) is 1. The van der Waals surface area contributed by atoms with Crippen molar-refractivity contribution in [1.29, 1.82) is 0 Å². The summed E-state index contributed by atoms with van der Waals surface area (Å²) >= 11 is 3.22. The topological polar surface area (TPSA) is 72.9 Å². The fourth-order valence-corrected chi connectivity index (χ4v) is 4.47. The number of benzene rings is 2. The van der Waals surface area contributed by atoms with Crippen molar-refractivity contribution >= 4 is 21.9 Å². The van der Waals surface area contributed by atoms with Gasteiger partial charge in [0.2, 0.25) is 0 Å². The molecule has 0 bridgehead atoms. The van der Waals surface area contributed by atoms with E-state index >= 15 is 0 Å². The summed E-state index contributed by atoms with van der Waals surface area (Å²) in [4.78, 5) is 19.7. The minimum absolute atomic E-state index is 0.228. The van der Waals surface area contributed by atoms with Gasteiger partial charge in [-0.3, -0.25) is 0 Å². The first kappa shape index (κ1) is 24.4. The van der Waals surface area contributed by atoms with Gasteiger partial charge in [0.1, 0.15) is 11.6 Å². The van der Waals surface area contributed by atoms with Crippen LogP contribution in [-0.4, -0.2) is 30.2 Å². The smallest absolute Gasteiger partial charge is 0.338 e. The van der Waals surface area contributed by atoms with E-state index in [9.17, 15) is 13.6 Å². The van der Waals surface area contributed by atoms with E-state index in [0.717, 1.165) is 35.5 Å². The maximum absolute atomic E-state index is 13.5. The first-order valence-electron chi connectivity index (χ1n) is 11.8. The lowest BCUT2D eigenvalue weighted by atomic mass is 10.1. The largest absolute Gasteiger partial charge is 0.478 e. The minimum Gasteiger partial charge on any atom is -0.478 e. The van der Waals surface area contributed by atoms with Gasteiger partial charge in [0.15, 0.2) is 0 Å². The van der Waals surface area contributed by atoms with Crippen LogP contribution >= 0.6 is 15.9 Å². The van der Waals surface area contributed by atoms with Crippen LogP contribution in [0.15, 0.2) is 53.8 Å². The molecule has 0 radical (unpaired) electrons. The second-order valence-electron chi connectivity index (χ2n) is 9.44. The third-order valence-electron chi connectivity index (χ3n) is 6.51. The van der Waals surface area contributed by atoms with Gasteiger partial charge in [-0.25, -0.2) is 23.5 Å². The van der Waals surface area contributed by atoms with Crippen LogP contribution in [0, 0.1) is 25.5 Å². The van der Waals surface area contributed by atoms with Gasteiger partial charge in [-0.1, -0.05) is 0 Å². The van der Waals surface area contributed by atoms with Gasteiger partial charge < -0.3 is 14.2 Å². The molecule has 6 rings (SSSR count). The number of hydrogen-bond donors (Lipinski definition) is 1. The molecular weight excluding hydrogens is 530 g/mol. The monoisotopic (exact) mass is 554 g/mol. The molecule has 0 saturated heterocycles. The zero-order valence-electron chi connectivity index (χ0n) is 19.9. The predicted molar refractivity (Wildman–Crippen MR) is 135 cm³/mol. The number of carbonyl (C=O) groups is 1. The highest BCUT2D eigenvalue weighted by atomic mass is 79.9. The Morgan fingerprint density at radius 2 is 1.33 bits per heavy atom. The summed E-state index contributed by atoms with van der Waals surface area (Å²) in [6.07, 6.45) is 12.2. The van der Waals surface area contributed by atoms with Crippen LogP contribution in [0.2, 0.25) is 0 Å². The van der Waals surface area contributed by atoms with Crippen molar-refractivity contribution in [2.24, 2.45) is 0 Å². The molecular formula is C27H25BrF2N4O2. The Morgan fingerprint density at radius 1 is 0.861 bits per heavy atom. The SMILES string of the molecule is Cc1cc(F)c(Br)cc1-n1cnc(C2CC2)c1.Cc1cc(F)c(C(=O)O)cc1-n1cnc(C2CC2)c1. The highest BCUT2D eigenvalue weighted by Gasteiger charge is 2.27. The second-order valence-corrected chi connectivity index (χ2v) is 10.3. The summed E-state index contributed by atoms with van der Waals surface area (Å²) in [7, 11) is 0. The second kappa shape index (κ2) is 9.61. The molecule has 2 aliphatic rings. The van der Waals surface area contributed by atoms with Crippen molar-refractivity contribution in [2.45, 2.75) is 51.4 Å². The van der Waals surface area contributed by atoms with Crippen LogP contribution in [0.3, 0.4) is 0 Å². The number of carboxylic acids is 1. The molecule has 2 saturated carbocycles. The van der Waals surface area contributed by atoms with E-state index in [-0.39, 0.29) is 11.4 Å². The third kappa shape index (κ3) is 5.11. The van der Waals surface area contributed by atoms with E-state index in [2.05, 4.69) is 25.9 Å². The van der Waals surface area contributed by atoms with Crippen molar-refractivity contribution < 1.29 is 18.7 Å². The van der Waals surface area contributed by atoms with E-state index in [1.54, 1.807) is 30.2 Å². The van der Waals surface area contributed by atoms with Gasteiger partial charge in [0.05, 0.1) is 45.5 Å². The maximum atomic E-state index is 13.5. The summed E-state index contributed by atoms with van der Waals surface area (Å²) in [6.45, 7) is 3.66. The Bertz CT molecular complexity index is 1450. The lowest BCUT2D eigenvalue weighted by Crippen LogP contribution is -2.04. The lowest BCUT2D eigenvalue weighted by molar-refractivity contribution is 0.0692. The molecule has 1 N–H and O–H groups in total. The van der Waals surface area contributed by atoms with E-state index < -0.39 is 11.8 Å². The first-order valence-corrected chi connectivity index (χ1v) is 12.6. The summed E-state index contributed by atoms with van der Waals surface area (Å²) < 4.78 is 31.1. The first-order chi connectivity index (χ1) is 17.2. The Kier molecular flexibility index (Phi) is 6.51.